The van der Waals surface area contributed by atoms with Crippen molar-refractivity contribution in [2.45, 2.75) is 84.4 Å². The second kappa shape index (κ2) is 12.8. The lowest BCUT2D eigenvalue weighted by Gasteiger charge is -2.43. The predicted molar refractivity (Wildman–Crippen MR) is 165 cm³/mol. The first-order valence-electron chi connectivity index (χ1n) is 15.3. The number of carbonyl (C=O) groups is 1. The first-order valence-corrected chi connectivity index (χ1v) is 15.3. The molecular weight excluding hydrogens is 542 g/mol. The molecule has 1 aromatic heterocycles. The van der Waals surface area contributed by atoms with Gasteiger partial charge in [0.2, 0.25) is 0 Å². The van der Waals surface area contributed by atoms with E-state index in [0.717, 1.165) is 36.5 Å². The van der Waals surface area contributed by atoms with Crippen molar-refractivity contribution < 1.29 is 14.3 Å². The van der Waals surface area contributed by atoms with Gasteiger partial charge in [0.15, 0.2) is 0 Å². The number of ether oxygens (including phenoxy) is 2. The van der Waals surface area contributed by atoms with Gasteiger partial charge in [-0.1, -0.05) is 30.3 Å². The molecule has 3 aliphatic rings. The summed E-state index contributed by atoms with van der Waals surface area (Å²) in [5.74, 6) is 1.56. The maximum Gasteiger partial charge on any atom is 0.410 e. The van der Waals surface area contributed by atoms with Crippen molar-refractivity contribution in [2.24, 2.45) is 0 Å². The van der Waals surface area contributed by atoms with Crippen LogP contribution in [0.1, 0.15) is 63.3 Å². The topological polar surface area (TPSA) is 109 Å². The van der Waals surface area contributed by atoms with Crippen LogP contribution in [0.4, 0.5) is 16.4 Å². The van der Waals surface area contributed by atoms with Gasteiger partial charge in [0.25, 0.3) is 0 Å². The summed E-state index contributed by atoms with van der Waals surface area (Å²) in [7, 11) is 0. The largest absolute Gasteiger partial charge is 0.444 e. The first kappa shape index (κ1) is 30.6. The molecule has 1 aromatic carbocycles. The second-order valence-corrected chi connectivity index (χ2v) is 12.9. The third-order valence-electron chi connectivity index (χ3n) is 8.25. The highest BCUT2D eigenvalue weighted by Crippen LogP contribution is 2.37. The molecule has 0 saturated carbocycles. The zero-order valence-electron chi connectivity index (χ0n) is 26.0. The minimum Gasteiger partial charge on any atom is -0.444 e. The summed E-state index contributed by atoms with van der Waals surface area (Å²) < 4.78 is 11.7. The molecule has 4 heterocycles. The summed E-state index contributed by atoms with van der Waals surface area (Å²) in [5.41, 5.74) is 3.39. The van der Waals surface area contributed by atoms with Crippen LogP contribution >= 0.6 is 0 Å². The normalized spacial score (nSPS) is 22.9. The van der Waals surface area contributed by atoms with E-state index in [0.29, 0.717) is 50.6 Å². The molecule has 2 saturated heterocycles. The van der Waals surface area contributed by atoms with Gasteiger partial charge in [-0.05, 0) is 52.2 Å². The maximum atomic E-state index is 13.1. The molecular formula is C33H43N7O3. The van der Waals surface area contributed by atoms with E-state index < -0.39 is 11.7 Å². The molecule has 0 aliphatic carbocycles. The SMILES string of the molecule is CC1CN(c2nc(N3CCN(C(=O)OC(C)(C)C)C(CC#N)C3)c3c(c2C#N)CN(Cc2ccccc2)CC3)CC(C)O1. The molecule has 43 heavy (non-hydrogen) atoms. The molecule has 3 unspecified atom stereocenters. The Kier molecular flexibility index (Phi) is 9.10. The summed E-state index contributed by atoms with van der Waals surface area (Å²) in [4.78, 5) is 26.8. The van der Waals surface area contributed by atoms with E-state index in [1.807, 2.05) is 26.8 Å². The van der Waals surface area contributed by atoms with Crippen molar-refractivity contribution >= 4 is 17.7 Å². The smallest absolute Gasteiger partial charge is 0.410 e. The summed E-state index contributed by atoms with van der Waals surface area (Å²) in [6, 6.07) is 14.9. The van der Waals surface area contributed by atoms with E-state index >= 15 is 0 Å². The van der Waals surface area contributed by atoms with Gasteiger partial charge in [0, 0.05) is 57.9 Å². The number of pyridine rings is 1. The van der Waals surface area contributed by atoms with E-state index in [2.05, 4.69) is 65.0 Å². The molecule has 5 rings (SSSR count). The number of fused-ring (bicyclic) bond motifs is 1. The number of benzene rings is 1. The van der Waals surface area contributed by atoms with E-state index in [-0.39, 0.29) is 24.7 Å². The molecule has 1 amide bonds. The highest BCUT2D eigenvalue weighted by molar-refractivity contribution is 5.71. The van der Waals surface area contributed by atoms with E-state index in [1.165, 1.54) is 5.56 Å². The molecule has 10 nitrogen and oxygen atoms in total. The van der Waals surface area contributed by atoms with Gasteiger partial charge in [0.1, 0.15) is 23.3 Å². The second-order valence-electron chi connectivity index (χ2n) is 12.9. The van der Waals surface area contributed by atoms with Crippen molar-refractivity contribution in [3.8, 4) is 12.1 Å². The summed E-state index contributed by atoms with van der Waals surface area (Å²) >= 11 is 0. The molecule has 10 heteroatoms. The number of hydrogen-bond acceptors (Lipinski definition) is 9. The number of anilines is 2. The van der Waals surface area contributed by atoms with Crippen molar-refractivity contribution in [1.82, 2.24) is 14.8 Å². The fourth-order valence-corrected chi connectivity index (χ4v) is 6.48. The number of amides is 1. The molecule has 2 aromatic rings. The summed E-state index contributed by atoms with van der Waals surface area (Å²) in [6.07, 6.45) is 0.609. The van der Waals surface area contributed by atoms with Crippen LogP contribution in [0.2, 0.25) is 0 Å². The number of morpholine rings is 1. The van der Waals surface area contributed by atoms with Gasteiger partial charge in [0.05, 0.1) is 36.3 Å². The van der Waals surface area contributed by atoms with Gasteiger partial charge in [-0.15, -0.1) is 0 Å². The number of nitriles is 2. The Balaban J connectivity index is 1.52. The molecule has 3 atom stereocenters. The number of aromatic nitrogens is 1. The van der Waals surface area contributed by atoms with Gasteiger partial charge in [-0.3, -0.25) is 4.90 Å². The van der Waals surface area contributed by atoms with Crippen molar-refractivity contribution in [2.75, 3.05) is 49.1 Å². The fourth-order valence-electron chi connectivity index (χ4n) is 6.48. The lowest BCUT2D eigenvalue weighted by Crippen LogP contribution is -2.56. The van der Waals surface area contributed by atoms with Crippen LogP contribution in [-0.2, 0) is 29.0 Å². The number of hydrogen-bond donors (Lipinski definition) is 0. The number of rotatable bonds is 5. The lowest BCUT2D eigenvalue weighted by atomic mass is 9.94. The minimum absolute atomic E-state index is 0.0172. The highest BCUT2D eigenvalue weighted by Gasteiger charge is 2.37. The fraction of sp³-hybridized carbons (Fsp3) is 0.576. The van der Waals surface area contributed by atoms with E-state index in [4.69, 9.17) is 14.5 Å². The lowest BCUT2D eigenvalue weighted by molar-refractivity contribution is -0.00548. The van der Waals surface area contributed by atoms with Crippen molar-refractivity contribution in [3.05, 3.63) is 52.6 Å². The van der Waals surface area contributed by atoms with E-state index in [9.17, 15) is 15.3 Å². The van der Waals surface area contributed by atoms with Crippen molar-refractivity contribution in [1.29, 1.82) is 10.5 Å². The Bertz CT molecular complexity index is 1380. The molecule has 0 N–H and O–H groups in total. The van der Waals surface area contributed by atoms with Crippen LogP contribution in [0, 0.1) is 22.7 Å². The van der Waals surface area contributed by atoms with Crippen LogP contribution in [0.5, 0.6) is 0 Å². The zero-order chi connectivity index (χ0) is 30.7. The standard InChI is InChI=1S/C33H43N7O3/c1-23-18-39(19-24(2)42-23)31-28(17-35)29-22-37(20-25-9-7-6-8-10-25)14-12-27(29)30(36-31)38-15-16-40(26(21-38)11-13-34)32(41)43-33(3,4)5/h6-10,23-24,26H,11-12,14-16,18-22H2,1-5H3. The van der Waals surface area contributed by atoms with Crippen LogP contribution in [-0.4, -0.2) is 84.0 Å². The molecule has 0 radical (unpaired) electrons. The Labute approximate surface area is 255 Å². The van der Waals surface area contributed by atoms with E-state index in [1.54, 1.807) is 4.90 Å². The monoisotopic (exact) mass is 585 g/mol. The van der Waals surface area contributed by atoms with Crippen LogP contribution in [0.3, 0.4) is 0 Å². The Hall–Kier alpha value is -3.86. The average molecular weight is 586 g/mol. The van der Waals surface area contributed by atoms with Gasteiger partial charge >= 0.3 is 6.09 Å². The summed E-state index contributed by atoms with van der Waals surface area (Å²) in [6.45, 7) is 14.8. The van der Waals surface area contributed by atoms with Crippen LogP contribution in [0.15, 0.2) is 30.3 Å². The molecule has 0 bridgehead atoms. The number of carbonyl (C=O) groups excluding carboxylic acids is 1. The molecule has 2 fully saturated rings. The maximum absolute atomic E-state index is 13.1. The Morgan fingerprint density at radius 1 is 1.00 bits per heavy atom. The van der Waals surface area contributed by atoms with Gasteiger partial charge in [-0.25, -0.2) is 9.78 Å². The zero-order valence-corrected chi connectivity index (χ0v) is 26.0. The third kappa shape index (κ3) is 7.04. The van der Waals surface area contributed by atoms with Crippen molar-refractivity contribution in [3.63, 3.8) is 0 Å². The average Bonchev–Trinajstić information content (AvgIpc) is 2.95. The minimum atomic E-state index is -0.619. The Morgan fingerprint density at radius 3 is 2.37 bits per heavy atom. The number of piperazine rings is 1. The molecule has 228 valence electrons. The quantitative estimate of drug-likeness (QED) is 0.502. The van der Waals surface area contributed by atoms with Gasteiger partial charge in [-0.2, -0.15) is 10.5 Å². The summed E-state index contributed by atoms with van der Waals surface area (Å²) in [5, 5.41) is 20.2. The molecule has 3 aliphatic heterocycles. The third-order valence-corrected chi connectivity index (χ3v) is 8.25. The van der Waals surface area contributed by atoms with Crippen LogP contribution in [0.25, 0.3) is 0 Å². The first-order chi connectivity index (χ1) is 20.6. The van der Waals surface area contributed by atoms with Crippen LogP contribution < -0.4 is 9.80 Å². The predicted octanol–water partition coefficient (Wildman–Crippen LogP) is 4.46. The number of nitrogens with zero attached hydrogens (tertiary/aromatic N) is 7. The van der Waals surface area contributed by atoms with Gasteiger partial charge < -0.3 is 24.2 Å². The molecule has 0 spiro atoms. The Morgan fingerprint density at radius 2 is 1.72 bits per heavy atom. The highest BCUT2D eigenvalue weighted by atomic mass is 16.6.